The summed E-state index contributed by atoms with van der Waals surface area (Å²) >= 11 is 1.45. The van der Waals surface area contributed by atoms with Crippen LogP contribution >= 0.6 is 11.3 Å². The smallest absolute Gasteiger partial charge is 0.309 e. The summed E-state index contributed by atoms with van der Waals surface area (Å²) in [7, 11) is 1.51. The highest BCUT2D eigenvalue weighted by atomic mass is 32.1. The van der Waals surface area contributed by atoms with Gasteiger partial charge in [0.15, 0.2) is 0 Å². The number of rotatable bonds is 7. The topological polar surface area (TPSA) is 87.7 Å². The molecule has 0 aliphatic carbocycles. The maximum atomic E-state index is 11.4. The molecular formula is C12H18N2O4S. The molecule has 1 aromatic rings. The van der Waals surface area contributed by atoms with Crippen LogP contribution in [0.25, 0.3) is 0 Å². The van der Waals surface area contributed by atoms with Crippen LogP contribution in [-0.4, -0.2) is 43.7 Å². The van der Waals surface area contributed by atoms with Gasteiger partial charge in [-0.25, -0.2) is 0 Å². The average Bonchev–Trinajstić information content (AvgIpc) is 2.92. The van der Waals surface area contributed by atoms with E-state index in [2.05, 4.69) is 10.6 Å². The molecule has 0 saturated carbocycles. The van der Waals surface area contributed by atoms with Crippen molar-refractivity contribution >= 4 is 23.2 Å². The first-order valence-electron chi connectivity index (χ1n) is 5.91. The van der Waals surface area contributed by atoms with Gasteiger partial charge in [-0.3, -0.25) is 9.59 Å². The molecule has 0 aliphatic rings. The summed E-state index contributed by atoms with van der Waals surface area (Å²) in [6.07, 6.45) is -0.241. The number of amides is 2. The highest BCUT2D eigenvalue weighted by Crippen LogP contribution is 2.20. The van der Waals surface area contributed by atoms with E-state index < -0.39 is 17.9 Å². The maximum Gasteiger partial charge on any atom is 0.309 e. The van der Waals surface area contributed by atoms with Gasteiger partial charge in [0.2, 0.25) is 0 Å². The molecule has 0 radical (unpaired) electrons. The third-order valence-corrected chi connectivity index (χ3v) is 3.35. The molecule has 6 nitrogen and oxygen atoms in total. The summed E-state index contributed by atoms with van der Waals surface area (Å²) < 4.78 is 4.75. The van der Waals surface area contributed by atoms with Crippen molar-refractivity contribution < 1.29 is 19.4 Å². The van der Waals surface area contributed by atoms with Crippen LogP contribution in [0, 0.1) is 0 Å². The Labute approximate surface area is 115 Å². The standard InChI is InChI=1S/C12H18N2O4S/c1-18-7-6-14-12(17)11(16)13-5-4-9(15)10-3-2-8-19-10/h2-3,8-9,15H,4-7H2,1H3,(H,13,16)(H,14,17). The lowest BCUT2D eigenvalue weighted by atomic mass is 10.2. The first-order chi connectivity index (χ1) is 9.15. The molecule has 0 saturated heterocycles. The molecule has 0 aromatic carbocycles. The summed E-state index contributed by atoms with van der Waals surface area (Å²) in [6, 6.07) is 3.68. The van der Waals surface area contributed by atoms with E-state index in [9.17, 15) is 14.7 Å². The number of ether oxygens (including phenoxy) is 1. The van der Waals surface area contributed by atoms with Gasteiger partial charge < -0.3 is 20.5 Å². The Kier molecular flexibility index (Phi) is 7.09. The third kappa shape index (κ3) is 5.82. The van der Waals surface area contributed by atoms with Crippen molar-refractivity contribution in [3.8, 4) is 0 Å². The van der Waals surface area contributed by atoms with Crippen LogP contribution in [-0.2, 0) is 14.3 Å². The number of aliphatic hydroxyl groups excluding tert-OH is 1. The molecule has 2 amide bonds. The molecule has 0 spiro atoms. The Balaban J connectivity index is 2.18. The molecule has 1 atom stereocenters. The van der Waals surface area contributed by atoms with Gasteiger partial charge in [0.1, 0.15) is 0 Å². The Hall–Kier alpha value is -1.44. The number of carbonyl (C=O) groups is 2. The van der Waals surface area contributed by atoms with Gasteiger partial charge in [0.05, 0.1) is 12.7 Å². The van der Waals surface area contributed by atoms with Gasteiger partial charge in [0, 0.05) is 25.1 Å². The van der Waals surface area contributed by atoms with Crippen molar-refractivity contribution in [2.45, 2.75) is 12.5 Å². The highest BCUT2D eigenvalue weighted by Gasteiger charge is 2.13. The number of hydrogen-bond donors (Lipinski definition) is 3. The quantitative estimate of drug-likeness (QED) is 0.488. The van der Waals surface area contributed by atoms with E-state index in [1.165, 1.54) is 18.4 Å². The molecule has 1 heterocycles. The van der Waals surface area contributed by atoms with Crippen LogP contribution in [0.1, 0.15) is 17.4 Å². The summed E-state index contributed by atoms with van der Waals surface area (Å²) in [6.45, 7) is 0.895. The van der Waals surface area contributed by atoms with Crippen LogP contribution < -0.4 is 10.6 Å². The zero-order chi connectivity index (χ0) is 14.1. The second-order valence-electron chi connectivity index (χ2n) is 3.82. The van der Waals surface area contributed by atoms with E-state index in [-0.39, 0.29) is 6.54 Å². The molecule has 3 N–H and O–H groups in total. The molecular weight excluding hydrogens is 268 g/mol. The first kappa shape index (κ1) is 15.6. The normalized spacial score (nSPS) is 11.9. The Morgan fingerprint density at radius 2 is 2.05 bits per heavy atom. The van der Waals surface area contributed by atoms with Gasteiger partial charge in [-0.05, 0) is 17.9 Å². The number of carbonyl (C=O) groups excluding carboxylic acids is 2. The fourth-order valence-electron chi connectivity index (χ4n) is 1.37. The van der Waals surface area contributed by atoms with Crippen LogP contribution in [0.3, 0.4) is 0 Å². The van der Waals surface area contributed by atoms with Crippen molar-refractivity contribution in [2.75, 3.05) is 26.8 Å². The largest absolute Gasteiger partial charge is 0.388 e. The van der Waals surface area contributed by atoms with Crippen molar-refractivity contribution in [3.05, 3.63) is 22.4 Å². The molecule has 1 unspecified atom stereocenters. The number of hydrogen-bond acceptors (Lipinski definition) is 5. The monoisotopic (exact) mass is 286 g/mol. The minimum Gasteiger partial charge on any atom is -0.388 e. The molecule has 1 rings (SSSR count). The molecule has 0 aliphatic heterocycles. The lowest BCUT2D eigenvalue weighted by Crippen LogP contribution is -2.41. The Morgan fingerprint density at radius 1 is 1.37 bits per heavy atom. The van der Waals surface area contributed by atoms with E-state index in [4.69, 9.17) is 4.74 Å². The molecule has 0 bridgehead atoms. The summed E-state index contributed by atoms with van der Waals surface area (Å²) in [5, 5.41) is 16.5. The number of aliphatic hydroxyl groups is 1. The maximum absolute atomic E-state index is 11.4. The molecule has 7 heteroatoms. The second-order valence-corrected chi connectivity index (χ2v) is 4.80. The van der Waals surface area contributed by atoms with E-state index >= 15 is 0 Å². The second kappa shape index (κ2) is 8.63. The average molecular weight is 286 g/mol. The predicted octanol–water partition coefficient (Wildman–Crippen LogP) is 0.0504. The molecule has 19 heavy (non-hydrogen) atoms. The number of methoxy groups -OCH3 is 1. The minimum absolute atomic E-state index is 0.246. The van der Waals surface area contributed by atoms with Crippen LogP contribution in [0.4, 0.5) is 0 Å². The SMILES string of the molecule is COCCNC(=O)C(=O)NCCC(O)c1cccs1. The summed E-state index contributed by atoms with van der Waals surface area (Å²) in [5.74, 6) is -1.39. The van der Waals surface area contributed by atoms with Crippen molar-refractivity contribution in [3.63, 3.8) is 0 Å². The van der Waals surface area contributed by atoms with Crippen LogP contribution in [0.5, 0.6) is 0 Å². The van der Waals surface area contributed by atoms with Crippen molar-refractivity contribution in [1.29, 1.82) is 0 Å². The van der Waals surface area contributed by atoms with Crippen molar-refractivity contribution in [1.82, 2.24) is 10.6 Å². The van der Waals surface area contributed by atoms with Gasteiger partial charge in [-0.2, -0.15) is 0 Å². The van der Waals surface area contributed by atoms with Crippen LogP contribution in [0.15, 0.2) is 17.5 Å². The molecule has 0 fully saturated rings. The fourth-order valence-corrected chi connectivity index (χ4v) is 2.12. The predicted molar refractivity (Wildman–Crippen MR) is 71.8 cm³/mol. The van der Waals surface area contributed by atoms with Gasteiger partial charge in [-0.15, -0.1) is 11.3 Å². The third-order valence-electron chi connectivity index (χ3n) is 2.37. The number of thiophene rings is 1. The van der Waals surface area contributed by atoms with Gasteiger partial charge >= 0.3 is 11.8 Å². The van der Waals surface area contributed by atoms with Crippen LogP contribution in [0.2, 0.25) is 0 Å². The Bertz CT molecular complexity index is 394. The Morgan fingerprint density at radius 3 is 2.63 bits per heavy atom. The highest BCUT2D eigenvalue weighted by molar-refractivity contribution is 7.10. The lowest BCUT2D eigenvalue weighted by Gasteiger charge is -2.09. The molecule has 1 aromatic heterocycles. The van der Waals surface area contributed by atoms with Gasteiger partial charge in [0.25, 0.3) is 0 Å². The molecule has 106 valence electrons. The fraction of sp³-hybridized carbons (Fsp3) is 0.500. The minimum atomic E-state index is -0.700. The summed E-state index contributed by atoms with van der Waals surface area (Å²) in [5.41, 5.74) is 0. The zero-order valence-corrected chi connectivity index (χ0v) is 11.5. The van der Waals surface area contributed by atoms with E-state index in [0.29, 0.717) is 19.6 Å². The number of nitrogens with one attached hydrogen (secondary N) is 2. The van der Waals surface area contributed by atoms with Gasteiger partial charge in [-0.1, -0.05) is 6.07 Å². The first-order valence-corrected chi connectivity index (χ1v) is 6.79. The lowest BCUT2D eigenvalue weighted by molar-refractivity contribution is -0.139. The van der Waals surface area contributed by atoms with E-state index in [1.54, 1.807) is 0 Å². The van der Waals surface area contributed by atoms with E-state index in [1.807, 2.05) is 17.5 Å². The van der Waals surface area contributed by atoms with Crippen molar-refractivity contribution in [2.24, 2.45) is 0 Å². The summed E-state index contributed by atoms with van der Waals surface area (Å²) in [4.78, 5) is 23.5. The zero-order valence-electron chi connectivity index (χ0n) is 10.7. The van der Waals surface area contributed by atoms with E-state index in [0.717, 1.165) is 4.88 Å².